The van der Waals surface area contributed by atoms with Crippen molar-refractivity contribution in [3.8, 4) is 11.5 Å². The summed E-state index contributed by atoms with van der Waals surface area (Å²) in [4.78, 5) is 15.4. The number of amides is 2. The number of aromatic nitrogens is 3. The fraction of sp³-hybridized carbons (Fsp3) is 0.286. The van der Waals surface area contributed by atoms with Crippen LogP contribution in [0.15, 0.2) is 72.9 Å². The van der Waals surface area contributed by atoms with E-state index >= 15 is 0 Å². The largest absolute Gasteiger partial charge is 0.382 e. The molecule has 0 unspecified atom stereocenters. The van der Waals surface area contributed by atoms with Crippen LogP contribution in [0.1, 0.15) is 41.9 Å². The van der Waals surface area contributed by atoms with Gasteiger partial charge in [0.15, 0.2) is 0 Å². The van der Waals surface area contributed by atoms with Crippen LogP contribution in [0.2, 0.25) is 0 Å². The fourth-order valence-electron chi connectivity index (χ4n) is 4.79. The highest BCUT2D eigenvalue weighted by Crippen LogP contribution is 2.38. The van der Waals surface area contributed by atoms with Crippen LogP contribution < -0.4 is 5.32 Å². The number of nitrogens with zero attached hydrogens (tertiary/aromatic N) is 4. The summed E-state index contributed by atoms with van der Waals surface area (Å²) in [6.07, 6.45) is 2.69. The van der Waals surface area contributed by atoms with Crippen LogP contribution in [0, 0.1) is 12.7 Å². The number of halogens is 1. The lowest BCUT2D eigenvalue weighted by Crippen LogP contribution is -2.42. The topological polar surface area (TPSA) is 64.3 Å². The number of benzene rings is 2. The molecule has 0 saturated heterocycles. The number of para-hydroxylation sites is 1. The predicted octanol–water partition coefficient (Wildman–Crippen LogP) is 5.15. The van der Waals surface area contributed by atoms with E-state index in [1.807, 2.05) is 73.3 Å². The van der Waals surface area contributed by atoms with Gasteiger partial charge >= 0.3 is 6.03 Å². The zero-order chi connectivity index (χ0) is 25.1. The molecule has 3 heterocycles. The van der Waals surface area contributed by atoms with E-state index in [0.717, 1.165) is 28.5 Å². The van der Waals surface area contributed by atoms with E-state index in [2.05, 4.69) is 9.88 Å². The Morgan fingerprint density at radius 2 is 1.97 bits per heavy atom. The maximum Gasteiger partial charge on any atom is 0.318 e. The van der Waals surface area contributed by atoms with Crippen LogP contribution in [-0.2, 0) is 11.3 Å². The molecule has 8 heteroatoms. The Hall–Kier alpha value is -3.91. The van der Waals surface area contributed by atoms with E-state index in [1.54, 1.807) is 11.0 Å². The van der Waals surface area contributed by atoms with Gasteiger partial charge in [-0.1, -0.05) is 30.3 Å². The third-order valence-corrected chi connectivity index (χ3v) is 6.46. The number of aryl methyl sites for hydroxylation is 1. The highest BCUT2D eigenvalue weighted by atomic mass is 19.1. The zero-order valence-corrected chi connectivity index (χ0v) is 20.5. The van der Waals surface area contributed by atoms with Gasteiger partial charge in [0.05, 0.1) is 29.7 Å². The molecule has 0 spiro atoms. The van der Waals surface area contributed by atoms with Crippen molar-refractivity contribution in [2.24, 2.45) is 0 Å². The van der Waals surface area contributed by atoms with Crippen LogP contribution in [-0.4, -0.2) is 45.0 Å². The van der Waals surface area contributed by atoms with Crippen LogP contribution in [0.5, 0.6) is 0 Å². The molecular formula is C28H30FN5O2. The fourth-order valence-corrected chi connectivity index (χ4v) is 4.79. The maximum atomic E-state index is 14.4. The minimum absolute atomic E-state index is 0.215. The van der Waals surface area contributed by atoms with Gasteiger partial charge in [-0.3, -0.25) is 0 Å². The van der Waals surface area contributed by atoms with Crippen molar-refractivity contribution in [2.75, 3.05) is 19.8 Å². The van der Waals surface area contributed by atoms with Crippen molar-refractivity contribution in [1.82, 2.24) is 24.6 Å². The second kappa shape index (κ2) is 10.4. The predicted molar refractivity (Wildman–Crippen MR) is 136 cm³/mol. The van der Waals surface area contributed by atoms with Gasteiger partial charge in [0.2, 0.25) is 0 Å². The Labute approximate surface area is 210 Å². The number of ether oxygens (including phenoxy) is 1. The highest BCUT2D eigenvalue weighted by molar-refractivity contribution is 5.76. The van der Waals surface area contributed by atoms with Crippen LogP contribution in [0.3, 0.4) is 0 Å². The molecule has 1 N–H and O–H groups in total. The highest BCUT2D eigenvalue weighted by Gasteiger charge is 2.36. The summed E-state index contributed by atoms with van der Waals surface area (Å²) in [5, 5.41) is 7.89. The van der Waals surface area contributed by atoms with Crippen molar-refractivity contribution < 1.29 is 13.9 Å². The third kappa shape index (κ3) is 4.52. The van der Waals surface area contributed by atoms with E-state index in [9.17, 15) is 9.18 Å². The van der Waals surface area contributed by atoms with Crippen molar-refractivity contribution >= 4 is 6.03 Å². The molecule has 7 nitrogen and oxygen atoms in total. The molecule has 0 bridgehead atoms. The van der Waals surface area contributed by atoms with Gasteiger partial charge in [-0.2, -0.15) is 5.10 Å². The van der Waals surface area contributed by atoms with Crippen molar-refractivity contribution in [3.63, 3.8) is 0 Å². The molecule has 1 aliphatic rings. The van der Waals surface area contributed by atoms with Crippen molar-refractivity contribution in [1.29, 1.82) is 0 Å². The van der Waals surface area contributed by atoms with E-state index in [-0.39, 0.29) is 11.8 Å². The lowest BCUT2D eigenvalue weighted by Gasteiger charge is -2.31. The van der Waals surface area contributed by atoms with Crippen LogP contribution >= 0.6 is 0 Å². The first-order chi connectivity index (χ1) is 17.6. The molecule has 186 valence electrons. The Morgan fingerprint density at radius 3 is 2.75 bits per heavy atom. The molecule has 1 atom stereocenters. The minimum atomic E-state index is -0.487. The molecule has 0 saturated carbocycles. The van der Waals surface area contributed by atoms with Crippen molar-refractivity contribution in [2.45, 2.75) is 32.9 Å². The quantitative estimate of drug-likeness (QED) is 0.367. The Balaban J connectivity index is 1.61. The summed E-state index contributed by atoms with van der Waals surface area (Å²) >= 11 is 0. The van der Waals surface area contributed by atoms with Gasteiger partial charge in [0, 0.05) is 31.5 Å². The lowest BCUT2D eigenvalue weighted by atomic mass is 10.0. The molecule has 1 aliphatic heterocycles. The van der Waals surface area contributed by atoms with Crippen LogP contribution in [0.25, 0.3) is 11.5 Å². The summed E-state index contributed by atoms with van der Waals surface area (Å²) < 4.78 is 23.8. The normalized spacial score (nSPS) is 14.8. The summed E-state index contributed by atoms with van der Waals surface area (Å²) in [6, 6.07) is 19.6. The van der Waals surface area contributed by atoms with Crippen LogP contribution in [0.4, 0.5) is 9.18 Å². The minimum Gasteiger partial charge on any atom is -0.382 e. The molecule has 0 radical (unpaired) electrons. The molecule has 0 fully saturated rings. The van der Waals surface area contributed by atoms with Gasteiger partial charge in [-0.05, 0) is 62.2 Å². The Bertz CT molecular complexity index is 1350. The van der Waals surface area contributed by atoms with E-state index < -0.39 is 6.04 Å². The monoisotopic (exact) mass is 487 g/mol. The molecule has 36 heavy (non-hydrogen) atoms. The number of carbonyl (C=O) groups is 1. The standard InChI is InChI=1S/C28H30FN5O2/c1-3-36-17-9-15-30-28(35)33-19-24-20(2)31-34(23-12-5-4-6-13-23)27(24)32-16-8-14-25(32)26(33)21-10-7-11-22(29)18-21/h4-8,10-14,16,18,26H,3,9,15,17,19H2,1-2H3,(H,30,35)/t26-/m0/s1. The van der Waals surface area contributed by atoms with E-state index in [1.165, 1.54) is 12.1 Å². The average molecular weight is 488 g/mol. The summed E-state index contributed by atoms with van der Waals surface area (Å²) in [7, 11) is 0. The summed E-state index contributed by atoms with van der Waals surface area (Å²) in [5.74, 6) is 0.544. The van der Waals surface area contributed by atoms with Gasteiger partial charge in [0.1, 0.15) is 11.6 Å². The molecule has 0 aliphatic carbocycles. The maximum absolute atomic E-state index is 14.4. The number of urea groups is 1. The third-order valence-electron chi connectivity index (χ3n) is 6.46. The second-order valence-corrected chi connectivity index (χ2v) is 8.81. The summed E-state index contributed by atoms with van der Waals surface area (Å²) in [5.41, 5.74) is 4.28. The van der Waals surface area contributed by atoms with Gasteiger partial charge in [-0.25, -0.2) is 13.9 Å². The van der Waals surface area contributed by atoms with E-state index in [0.29, 0.717) is 38.3 Å². The number of hydrogen-bond donors (Lipinski definition) is 1. The number of carbonyl (C=O) groups excluding carboxylic acids is 1. The number of rotatable bonds is 7. The second-order valence-electron chi connectivity index (χ2n) is 8.81. The lowest BCUT2D eigenvalue weighted by molar-refractivity contribution is 0.143. The van der Waals surface area contributed by atoms with E-state index in [4.69, 9.17) is 9.84 Å². The zero-order valence-electron chi connectivity index (χ0n) is 20.5. The first kappa shape index (κ1) is 23.8. The smallest absolute Gasteiger partial charge is 0.318 e. The molecule has 2 aromatic carbocycles. The first-order valence-electron chi connectivity index (χ1n) is 12.3. The molecule has 2 aromatic heterocycles. The number of fused-ring (bicyclic) bond motifs is 3. The molecule has 4 aromatic rings. The van der Waals surface area contributed by atoms with Gasteiger partial charge in [0.25, 0.3) is 0 Å². The number of nitrogens with one attached hydrogen (secondary N) is 1. The molecule has 5 rings (SSSR count). The molecular weight excluding hydrogens is 457 g/mol. The SMILES string of the molecule is CCOCCCNC(=O)N1Cc2c(C)nn(-c3ccccc3)c2-n2cccc2[C@@H]1c1cccc(F)c1. The Morgan fingerprint density at radius 1 is 1.14 bits per heavy atom. The van der Waals surface area contributed by atoms with Crippen molar-refractivity contribution in [3.05, 3.63) is 101 Å². The molecule has 2 amide bonds. The van der Waals surface area contributed by atoms with Gasteiger partial charge in [-0.15, -0.1) is 0 Å². The number of hydrogen-bond acceptors (Lipinski definition) is 3. The van der Waals surface area contributed by atoms with Gasteiger partial charge < -0.3 is 19.5 Å². The summed E-state index contributed by atoms with van der Waals surface area (Å²) in [6.45, 7) is 5.95. The average Bonchev–Trinajstić information content (AvgIpc) is 3.44. The first-order valence-corrected chi connectivity index (χ1v) is 12.3. The Kier molecular flexibility index (Phi) is 6.86.